The van der Waals surface area contributed by atoms with Crippen molar-refractivity contribution in [3.8, 4) is 0 Å². The van der Waals surface area contributed by atoms with Gasteiger partial charge in [-0.25, -0.2) is 4.98 Å². The molecule has 0 aliphatic rings. The maximum Gasteiger partial charge on any atom is 0.223 e. The molecule has 0 radical (unpaired) electrons. The summed E-state index contributed by atoms with van der Waals surface area (Å²) in [6.07, 6.45) is 0.253. The number of hydrogen-bond donors (Lipinski definition) is 1. The van der Waals surface area contributed by atoms with Gasteiger partial charge in [-0.2, -0.15) is 0 Å². The van der Waals surface area contributed by atoms with Crippen molar-refractivity contribution < 1.29 is 4.79 Å². The Morgan fingerprint density at radius 2 is 2.67 bits per heavy atom. The van der Waals surface area contributed by atoms with E-state index in [2.05, 4.69) is 4.98 Å². The Balaban J connectivity index is 2.58. The molecule has 1 heterocycles. The molecule has 1 aromatic heterocycles. The van der Waals surface area contributed by atoms with Crippen LogP contribution in [0, 0.1) is 0 Å². The number of rotatable bonds is 2. The van der Waals surface area contributed by atoms with E-state index in [1.54, 1.807) is 5.51 Å². The molecule has 2 N–H and O–H groups in total. The van der Waals surface area contributed by atoms with E-state index < -0.39 is 0 Å². The molecule has 0 spiro atoms. The third-order valence-electron chi connectivity index (χ3n) is 0.839. The molecule has 0 saturated heterocycles. The van der Waals surface area contributed by atoms with E-state index in [1.807, 2.05) is 5.38 Å². The molecule has 9 heavy (non-hydrogen) atoms. The highest BCUT2D eigenvalue weighted by atomic mass is 32.1. The minimum Gasteiger partial charge on any atom is -0.369 e. The Labute approximate surface area is 56.5 Å². The van der Waals surface area contributed by atoms with Crippen LogP contribution in [0.1, 0.15) is 5.69 Å². The van der Waals surface area contributed by atoms with Crippen LogP contribution in [0.2, 0.25) is 0 Å². The van der Waals surface area contributed by atoms with Gasteiger partial charge in [-0.15, -0.1) is 11.3 Å². The zero-order chi connectivity index (χ0) is 6.69. The largest absolute Gasteiger partial charge is 0.369 e. The van der Waals surface area contributed by atoms with Crippen LogP contribution >= 0.6 is 11.3 Å². The first kappa shape index (κ1) is 6.22. The predicted molar refractivity (Wildman–Crippen MR) is 35.0 cm³/mol. The molecule has 1 rings (SSSR count). The van der Waals surface area contributed by atoms with Gasteiger partial charge in [0.15, 0.2) is 0 Å². The van der Waals surface area contributed by atoms with E-state index in [0.29, 0.717) is 0 Å². The predicted octanol–water partition coefficient (Wildman–Crippen LogP) is 0.171. The van der Waals surface area contributed by atoms with E-state index in [0.717, 1.165) is 5.69 Å². The molecule has 0 aliphatic heterocycles. The van der Waals surface area contributed by atoms with Crippen molar-refractivity contribution in [3.63, 3.8) is 0 Å². The van der Waals surface area contributed by atoms with Gasteiger partial charge in [0.1, 0.15) is 0 Å². The second-order valence-electron chi connectivity index (χ2n) is 1.62. The van der Waals surface area contributed by atoms with Crippen molar-refractivity contribution in [1.82, 2.24) is 4.98 Å². The molecule has 0 atom stereocenters. The van der Waals surface area contributed by atoms with Crippen LogP contribution in [0.25, 0.3) is 0 Å². The van der Waals surface area contributed by atoms with Crippen LogP contribution in [0.15, 0.2) is 10.9 Å². The van der Waals surface area contributed by atoms with Crippen LogP contribution in [0.3, 0.4) is 0 Å². The van der Waals surface area contributed by atoms with Gasteiger partial charge >= 0.3 is 0 Å². The first-order chi connectivity index (χ1) is 4.29. The lowest BCUT2D eigenvalue weighted by Crippen LogP contribution is -2.13. The number of carbonyl (C=O) groups excluding carboxylic acids is 1. The van der Waals surface area contributed by atoms with Gasteiger partial charge in [0.25, 0.3) is 0 Å². The average molecular weight is 142 g/mol. The second-order valence-corrected chi connectivity index (χ2v) is 2.34. The fraction of sp³-hybridized carbons (Fsp3) is 0.200. The number of aromatic nitrogens is 1. The normalized spacial score (nSPS) is 9.33. The quantitative estimate of drug-likeness (QED) is 0.640. The molecule has 0 unspecified atom stereocenters. The van der Waals surface area contributed by atoms with Gasteiger partial charge in [0, 0.05) is 5.38 Å². The summed E-state index contributed by atoms with van der Waals surface area (Å²) in [5, 5.41) is 1.81. The maximum atomic E-state index is 10.3. The molecule has 1 aromatic rings. The van der Waals surface area contributed by atoms with Crippen LogP contribution in [0.5, 0.6) is 0 Å². The maximum absolute atomic E-state index is 10.3. The monoisotopic (exact) mass is 142 g/mol. The van der Waals surface area contributed by atoms with Crippen molar-refractivity contribution in [1.29, 1.82) is 0 Å². The van der Waals surface area contributed by atoms with Crippen molar-refractivity contribution in [2.75, 3.05) is 0 Å². The summed E-state index contributed by atoms with van der Waals surface area (Å²) < 4.78 is 0. The first-order valence-electron chi connectivity index (χ1n) is 2.44. The zero-order valence-electron chi connectivity index (χ0n) is 4.70. The summed E-state index contributed by atoms with van der Waals surface area (Å²) >= 11 is 1.46. The Morgan fingerprint density at radius 1 is 1.89 bits per heavy atom. The minimum atomic E-state index is -0.332. The van der Waals surface area contributed by atoms with Gasteiger partial charge in [-0.05, 0) is 0 Å². The van der Waals surface area contributed by atoms with Gasteiger partial charge < -0.3 is 5.73 Å². The standard InChI is InChI=1S/C5H6N2OS/c6-5(8)1-4-2-9-3-7-4/h2-3H,1H2,(H2,6,8). The Bertz CT molecular complexity index is 195. The topological polar surface area (TPSA) is 56.0 Å². The first-order valence-corrected chi connectivity index (χ1v) is 3.38. The Kier molecular flexibility index (Phi) is 1.79. The van der Waals surface area contributed by atoms with Crippen molar-refractivity contribution in [2.45, 2.75) is 6.42 Å². The number of nitrogens with two attached hydrogens (primary N) is 1. The average Bonchev–Trinajstić information content (AvgIpc) is 2.15. The highest BCUT2D eigenvalue weighted by Crippen LogP contribution is 2.00. The number of primary amides is 1. The van der Waals surface area contributed by atoms with E-state index in [-0.39, 0.29) is 12.3 Å². The number of nitrogens with zero attached hydrogens (tertiary/aromatic N) is 1. The van der Waals surface area contributed by atoms with E-state index in [1.165, 1.54) is 11.3 Å². The van der Waals surface area contributed by atoms with Gasteiger partial charge in [-0.1, -0.05) is 0 Å². The van der Waals surface area contributed by atoms with E-state index in [4.69, 9.17) is 5.73 Å². The fourth-order valence-corrected chi connectivity index (χ4v) is 1.06. The summed E-state index contributed by atoms with van der Waals surface area (Å²) in [6, 6.07) is 0. The lowest BCUT2D eigenvalue weighted by Gasteiger charge is -1.85. The third-order valence-corrected chi connectivity index (χ3v) is 1.47. The molecule has 0 bridgehead atoms. The minimum absolute atomic E-state index is 0.253. The summed E-state index contributed by atoms with van der Waals surface area (Å²) in [6.45, 7) is 0. The van der Waals surface area contributed by atoms with Crippen LogP contribution in [0.4, 0.5) is 0 Å². The smallest absolute Gasteiger partial charge is 0.223 e. The molecule has 0 saturated carbocycles. The second kappa shape index (κ2) is 2.59. The van der Waals surface area contributed by atoms with Crippen molar-refractivity contribution in [2.24, 2.45) is 5.73 Å². The number of carbonyl (C=O) groups is 1. The summed E-state index contributed by atoms with van der Waals surface area (Å²) in [7, 11) is 0. The van der Waals surface area contributed by atoms with Crippen molar-refractivity contribution >= 4 is 17.2 Å². The lowest BCUT2D eigenvalue weighted by atomic mass is 10.3. The number of thiazole rings is 1. The molecule has 4 heteroatoms. The Hall–Kier alpha value is -0.900. The molecule has 0 aromatic carbocycles. The van der Waals surface area contributed by atoms with Gasteiger partial charge in [0.05, 0.1) is 17.6 Å². The molecule has 0 aliphatic carbocycles. The fourth-order valence-electron chi connectivity index (χ4n) is 0.503. The van der Waals surface area contributed by atoms with Crippen LogP contribution in [-0.4, -0.2) is 10.9 Å². The third kappa shape index (κ3) is 1.81. The Morgan fingerprint density at radius 3 is 3.11 bits per heavy atom. The van der Waals surface area contributed by atoms with Crippen LogP contribution in [-0.2, 0) is 11.2 Å². The molecule has 1 amide bonds. The zero-order valence-corrected chi connectivity index (χ0v) is 5.52. The molecule has 0 fully saturated rings. The number of amides is 1. The SMILES string of the molecule is NC(=O)Cc1cscn1. The molecule has 3 nitrogen and oxygen atoms in total. The highest BCUT2D eigenvalue weighted by molar-refractivity contribution is 7.07. The molecular formula is C5H6N2OS. The summed E-state index contributed by atoms with van der Waals surface area (Å²) in [4.78, 5) is 14.1. The molecule has 48 valence electrons. The van der Waals surface area contributed by atoms with Gasteiger partial charge in [0.2, 0.25) is 5.91 Å². The molecular weight excluding hydrogens is 136 g/mol. The lowest BCUT2D eigenvalue weighted by molar-refractivity contribution is -0.117. The van der Waals surface area contributed by atoms with E-state index >= 15 is 0 Å². The van der Waals surface area contributed by atoms with Crippen LogP contribution < -0.4 is 5.73 Å². The summed E-state index contributed by atoms with van der Waals surface area (Å²) in [5.74, 6) is -0.332. The summed E-state index contributed by atoms with van der Waals surface area (Å²) in [5.41, 5.74) is 7.35. The van der Waals surface area contributed by atoms with Gasteiger partial charge in [-0.3, -0.25) is 4.79 Å². The van der Waals surface area contributed by atoms with Crippen molar-refractivity contribution in [3.05, 3.63) is 16.6 Å². The van der Waals surface area contributed by atoms with E-state index in [9.17, 15) is 4.79 Å². The number of hydrogen-bond acceptors (Lipinski definition) is 3. The highest BCUT2D eigenvalue weighted by Gasteiger charge is 1.97.